The van der Waals surface area contributed by atoms with Gasteiger partial charge in [0.25, 0.3) is 5.91 Å². The quantitative estimate of drug-likeness (QED) is 0.514. The lowest BCUT2D eigenvalue weighted by Crippen LogP contribution is -2.15. The highest BCUT2D eigenvalue weighted by Gasteiger charge is 2.12. The Balaban J connectivity index is 1.59. The molecule has 0 spiro atoms. The van der Waals surface area contributed by atoms with Gasteiger partial charge in [-0.1, -0.05) is 35.9 Å². The van der Waals surface area contributed by atoms with Gasteiger partial charge < -0.3 is 10.6 Å². The van der Waals surface area contributed by atoms with E-state index in [4.69, 9.17) is 11.6 Å². The molecule has 0 saturated carbocycles. The highest BCUT2D eigenvalue weighted by atomic mass is 35.5. The summed E-state index contributed by atoms with van der Waals surface area (Å²) in [7, 11) is 0. The molecule has 28 heavy (non-hydrogen) atoms. The number of halogens is 1. The minimum absolute atomic E-state index is 0.241. The van der Waals surface area contributed by atoms with Crippen molar-refractivity contribution >= 4 is 45.7 Å². The van der Waals surface area contributed by atoms with Crippen molar-refractivity contribution in [2.45, 2.75) is 6.92 Å². The number of amides is 1. The fourth-order valence-electron chi connectivity index (χ4n) is 2.80. The van der Waals surface area contributed by atoms with E-state index in [9.17, 15) is 4.79 Å². The van der Waals surface area contributed by atoms with Gasteiger partial charge in [0, 0.05) is 28.5 Å². The van der Waals surface area contributed by atoms with Crippen LogP contribution in [0.5, 0.6) is 0 Å². The van der Waals surface area contributed by atoms with E-state index in [1.807, 2.05) is 37.3 Å². The lowest BCUT2D eigenvalue weighted by molar-refractivity contribution is 0.102. The second-order valence-corrected chi connectivity index (χ2v) is 6.54. The molecule has 2 aromatic heterocycles. The van der Waals surface area contributed by atoms with E-state index in [2.05, 4.69) is 25.6 Å². The van der Waals surface area contributed by atoms with E-state index < -0.39 is 0 Å². The lowest BCUT2D eigenvalue weighted by Gasteiger charge is -2.10. The molecule has 2 aromatic carbocycles. The first-order valence-corrected chi connectivity index (χ1v) is 9.00. The molecule has 0 aliphatic rings. The number of fused-ring (bicyclic) bond motifs is 1. The fourth-order valence-corrected chi connectivity index (χ4v) is 2.97. The number of carbonyl (C=O) groups excluding carboxylic acids is 1. The molecule has 6 nitrogen and oxygen atoms in total. The van der Waals surface area contributed by atoms with Gasteiger partial charge in [-0.25, -0.2) is 9.97 Å². The zero-order chi connectivity index (χ0) is 19.5. The number of anilines is 3. The minimum Gasteiger partial charge on any atom is -0.322 e. The van der Waals surface area contributed by atoms with Gasteiger partial charge in [-0.15, -0.1) is 0 Å². The van der Waals surface area contributed by atoms with Crippen LogP contribution in [0.15, 0.2) is 67.0 Å². The molecule has 138 valence electrons. The van der Waals surface area contributed by atoms with Crippen LogP contribution in [0.25, 0.3) is 10.9 Å². The molecule has 2 N–H and O–H groups in total. The van der Waals surface area contributed by atoms with Crippen LogP contribution in [0, 0.1) is 6.92 Å². The van der Waals surface area contributed by atoms with Crippen molar-refractivity contribution < 1.29 is 4.79 Å². The number of pyridine rings is 1. The van der Waals surface area contributed by atoms with Gasteiger partial charge in [-0.2, -0.15) is 0 Å². The van der Waals surface area contributed by atoms with Crippen LogP contribution in [-0.4, -0.2) is 20.9 Å². The van der Waals surface area contributed by atoms with Gasteiger partial charge in [-0.3, -0.25) is 9.78 Å². The molecule has 2 heterocycles. The third kappa shape index (κ3) is 3.63. The zero-order valence-electron chi connectivity index (χ0n) is 15.0. The molecule has 0 atom stereocenters. The van der Waals surface area contributed by atoms with E-state index in [-0.39, 0.29) is 11.6 Å². The van der Waals surface area contributed by atoms with Crippen molar-refractivity contribution in [2.24, 2.45) is 0 Å². The summed E-state index contributed by atoms with van der Waals surface area (Å²) < 4.78 is 0. The second-order valence-electron chi connectivity index (χ2n) is 6.14. The molecular formula is C21H16ClN5O. The first-order valence-electron chi connectivity index (χ1n) is 8.62. The van der Waals surface area contributed by atoms with Crippen molar-refractivity contribution in [1.82, 2.24) is 15.0 Å². The predicted octanol–water partition coefficient (Wildman–Crippen LogP) is 4.98. The average molecular weight is 390 g/mol. The normalized spacial score (nSPS) is 10.6. The molecule has 0 bridgehead atoms. The van der Waals surface area contributed by atoms with Gasteiger partial charge in [0.05, 0.1) is 11.2 Å². The molecule has 1 amide bonds. The van der Waals surface area contributed by atoms with Gasteiger partial charge in [0.1, 0.15) is 5.69 Å². The number of rotatable bonds is 4. The number of nitrogens with one attached hydrogen (secondary N) is 2. The highest BCUT2D eigenvalue weighted by molar-refractivity contribution is 6.31. The summed E-state index contributed by atoms with van der Waals surface area (Å²) in [5.41, 5.74) is 3.25. The number of aromatic nitrogens is 3. The van der Waals surface area contributed by atoms with Gasteiger partial charge >= 0.3 is 0 Å². The Hall–Kier alpha value is -3.51. The summed E-state index contributed by atoms with van der Waals surface area (Å²) in [5, 5.41) is 7.56. The van der Waals surface area contributed by atoms with Crippen LogP contribution >= 0.6 is 11.6 Å². The first-order chi connectivity index (χ1) is 13.6. The predicted molar refractivity (Wildman–Crippen MR) is 111 cm³/mol. The van der Waals surface area contributed by atoms with Crippen molar-refractivity contribution in [3.8, 4) is 0 Å². The van der Waals surface area contributed by atoms with E-state index in [1.54, 1.807) is 30.5 Å². The SMILES string of the molecule is Cc1c(Cl)cccc1NC(=O)c1ccnc(Nc2cccc3cccnc23)n1. The lowest BCUT2D eigenvalue weighted by atomic mass is 10.2. The number of nitrogens with zero attached hydrogens (tertiary/aromatic N) is 3. The van der Waals surface area contributed by atoms with Crippen LogP contribution in [0.4, 0.5) is 17.3 Å². The van der Waals surface area contributed by atoms with Crippen molar-refractivity contribution in [2.75, 3.05) is 10.6 Å². The summed E-state index contributed by atoms with van der Waals surface area (Å²) in [5.74, 6) is -0.0273. The minimum atomic E-state index is -0.341. The molecule has 0 fully saturated rings. The molecule has 4 aromatic rings. The number of hydrogen-bond acceptors (Lipinski definition) is 5. The Morgan fingerprint density at radius 3 is 2.61 bits per heavy atom. The summed E-state index contributed by atoms with van der Waals surface area (Å²) in [6, 6.07) is 16.6. The maximum Gasteiger partial charge on any atom is 0.274 e. The number of hydrogen-bond donors (Lipinski definition) is 2. The van der Waals surface area contributed by atoms with Crippen molar-refractivity contribution in [3.63, 3.8) is 0 Å². The molecule has 7 heteroatoms. The Morgan fingerprint density at radius 2 is 1.71 bits per heavy atom. The third-order valence-corrected chi connectivity index (χ3v) is 4.69. The van der Waals surface area contributed by atoms with E-state index in [0.717, 1.165) is 22.2 Å². The van der Waals surface area contributed by atoms with Crippen LogP contribution in [0.1, 0.15) is 16.1 Å². The summed E-state index contributed by atoms with van der Waals surface area (Å²) in [6.07, 6.45) is 3.26. The zero-order valence-corrected chi connectivity index (χ0v) is 15.7. The van der Waals surface area contributed by atoms with Gasteiger partial charge in [0.2, 0.25) is 5.95 Å². The smallest absolute Gasteiger partial charge is 0.274 e. The summed E-state index contributed by atoms with van der Waals surface area (Å²) >= 11 is 6.11. The first kappa shape index (κ1) is 17.9. The number of para-hydroxylation sites is 1. The van der Waals surface area contributed by atoms with E-state index >= 15 is 0 Å². The molecule has 0 radical (unpaired) electrons. The molecule has 0 aliphatic heterocycles. The fraction of sp³-hybridized carbons (Fsp3) is 0.0476. The number of benzene rings is 2. The van der Waals surface area contributed by atoms with Crippen LogP contribution in [-0.2, 0) is 0 Å². The van der Waals surface area contributed by atoms with Crippen molar-refractivity contribution in [3.05, 3.63) is 83.3 Å². The molecule has 4 rings (SSSR count). The topological polar surface area (TPSA) is 79.8 Å². The van der Waals surface area contributed by atoms with Crippen LogP contribution in [0.3, 0.4) is 0 Å². The Labute approximate surface area is 166 Å². The molecule has 0 saturated heterocycles. The molecule has 0 unspecified atom stereocenters. The monoisotopic (exact) mass is 389 g/mol. The Morgan fingerprint density at radius 1 is 0.929 bits per heavy atom. The summed E-state index contributed by atoms with van der Waals surface area (Å²) in [4.78, 5) is 25.5. The molecular weight excluding hydrogens is 374 g/mol. The standard InChI is InChI=1S/C21H16ClN5O/c1-13-15(22)7-3-8-16(13)25-20(28)18-10-12-24-21(27-18)26-17-9-2-5-14-6-4-11-23-19(14)17/h2-12H,1H3,(H,25,28)(H,24,26,27). The Kier molecular flexibility index (Phi) is 4.87. The second kappa shape index (κ2) is 7.62. The van der Waals surface area contributed by atoms with Crippen molar-refractivity contribution in [1.29, 1.82) is 0 Å². The van der Waals surface area contributed by atoms with Crippen LogP contribution in [0.2, 0.25) is 5.02 Å². The van der Waals surface area contributed by atoms with Gasteiger partial charge in [-0.05, 0) is 42.8 Å². The maximum absolute atomic E-state index is 12.6. The molecule has 0 aliphatic carbocycles. The van der Waals surface area contributed by atoms with Gasteiger partial charge in [0.15, 0.2) is 0 Å². The largest absolute Gasteiger partial charge is 0.322 e. The van der Waals surface area contributed by atoms with E-state index in [0.29, 0.717) is 16.7 Å². The Bertz CT molecular complexity index is 1170. The van der Waals surface area contributed by atoms with E-state index in [1.165, 1.54) is 6.20 Å². The third-order valence-electron chi connectivity index (χ3n) is 4.28. The number of carbonyl (C=O) groups is 1. The summed E-state index contributed by atoms with van der Waals surface area (Å²) in [6.45, 7) is 1.85. The maximum atomic E-state index is 12.6. The average Bonchev–Trinajstić information content (AvgIpc) is 2.72. The van der Waals surface area contributed by atoms with Crippen LogP contribution < -0.4 is 10.6 Å². The highest BCUT2D eigenvalue weighted by Crippen LogP contribution is 2.24.